The fraction of sp³-hybridized carbons (Fsp3) is 0.500. The topological polar surface area (TPSA) is 50.4 Å². The van der Waals surface area contributed by atoms with E-state index in [0.717, 1.165) is 18.4 Å². The summed E-state index contributed by atoms with van der Waals surface area (Å²) in [4.78, 5) is 11.9. The normalized spacial score (nSPS) is 15.9. The molecule has 104 valence electrons. The smallest absolute Gasteiger partial charge is 0.260 e. The van der Waals surface area contributed by atoms with Gasteiger partial charge in [-0.1, -0.05) is 11.6 Å². The summed E-state index contributed by atoms with van der Waals surface area (Å²) in [6.07, 6.45) is 1.65. The second kappa shape index (κ2) is 6.26. The van der Waals surface area contributed by atoms with Crippen molar-refractivity contribution in [3.8, 4) is 5.75 Å². The highest BCUT2D eigenvalue weighted by Crippen LogP contribution is 2.24. The lowest BCUT2D eigenvalue weighted by Gasteiger charge is -2.17. The summed E-state index contributed by atoms with van der Waals surface area (Å²) in [5, 5.41) is 6.65. The first-order valence-electron chi connectivity index (χ1n) is 6.50. The standard InChI is InChI=1S/C14H19ClN2O2/c1-9(14(18)17-12-4-5-12)19-13-6-3-11(15)7-10(13)8-16-2/h3,6-7,9,12,16H,4-5,8H2,1-2H3,(H,17,18). The van der Waals surface area contributed by atoms with E-state index in [1.54, 1.807) is 19.1 Å². The second-order valence-corrected chi connectivity index (χ2v) is 5.26. The molecule has 1 unspecified atom stereocenters. The van der Waals surface area contributed by atoms with Crippen molar-refractivity contribution < 1.29 is 9.53 Å². The Labute approximate surface area is 118 Å². The predicted molar refractivity (Wildman–Crippen MR) is 75.5 cm³/mol. The average molecular weight is 283 g/mol. The van der Waals surface area contributed by atoms with Gasteiger partial charge in [-0.25, -0.2) is 0 Å². The highest BCUT2D eigenvalue weighted by molar-refractivity contribution is 6.30. The molecule has 0 spiro atoms. The van der Waals surface area contributed by atoms with Gasteiger partial charge in [0.05, 0.1) is 0 Å². The van der Waals surface area contributed by atoms with Crippen molar-refractivity contribution in [2.75, 3.05) is 7.05 Å². The van der Waals surface area contributed by atoms with E-state index in [9.17, 15) is 4.79 Å². The number of halogens is 1. The lowest BCUT2D eigenvalue weighted by molar-refractivity contribution is -0.127. The molecule has 1 aliphatic rings. The minimum absolute atomic E-state index is 0.0622. The molecule has 0 aromatic heterocycles. The summed E-state index contributed by atoms with van der Waals surface area (Å²) in [5.41, 5.74) is 0.945. The average Bonchev–Trinajstić information content (AvgIpc) is 3.16. The minimum Gasteiger partial charge on any atom is -0.481 e. The fourth-order valence-corrected chi connectivity index (χ4v) is 1.98. The van der Waals surface area contributed by atoms with Crippen molar-refractivity contribution in [3.05, 3.63) is 28.8 Å². The van der Waals surface area contributed by atoms with Crippen LogP contribution >= 0.6 is 11.6 Å². The lowest BCUT2D eigenvalue weighted by atomic mass is 10.2. The summed E-state index contributed by atoms with van der Waals surface area (Å²) >= 11 is 5.97. The molecule has 0 heterocycles. The number of hydrogen-bond donors (Lipinski definition) is 2. The molecule has 1 fully saturated rings. The van der Waals surface area contributed by atoms with Crippen LogP contribution < -0.4 is 15.4 Å². The molecule has 2 N–H and O–H groups in total. The van der Waals surface area contributed by atoms with Crippen molar-refractivity contribution in [2.24, 2.45) is 0 Å². The molecule has 5 heteroatoms. The van der Waals surface area contributed by atoms with E-state index in [-0.39, 0.29) is 5.91 Å². The molecular formula is C14H19ClN2O2. The van der Waals surface area contributed by atoms with E-state index >= 15 is 0 Å². The van der Waals surface area contributed by atoms with Gasteiger partial charge in [-0.3, -0.25) is 4.79 Å². The zero-order valence-corrected chi connectivity index (χ0v) is 12.0. The molecule has 19 heavy (non-hydrogen) atoms. The first-order valence-corrected chi connectivity index (χ1v) is 6.88. The maximum absolute atomic E-state index is 11.9. The second-order valence-electron chi connectivity index (χ2n) is 4.83. The van der Waals surface area contributed by atoms with E-state index in [2.05, 4.69) is 10.6 Å². The molecule has 1 aromatic rings. The largest absolute Gasteiger partial charge is 0.481 e. The maximum Gasteiger partial charge on any atom is 0.260 e. The molecule has 1 atom stereocenters. The van der Waals surface area contributed by atoms with Gasteiger partial charge in [0.15, 0.2) is 6.10 Å². The van der Waals surface area contributed by atoms with Crippen molar-refractivity contribution in [2.45, 2.75) is 38.5 Å². The lowest BCUT2D eigenvalue weighted by Crippen LogP contribution is -2.37. The molecule has 0 bridgehead atoms. The van der Waals surface area contributed by atoms with E-state index in [0.29, 0.717) is 23.4 Å². The number of benzene rings is 1. The Bertz CT molecular complexity index is 461. The number of carbonyl (C=O) groups is 1. The van der Waals surface area contributed by atoms with Crippen LogP contribution in [0.2, 0.25) is 5.02 Å². The number of hydrogen-bond acceptors (Lipinski definition) is 3. The first kappa shape index (κ1) is 14.2. The minimum atomic E-state index is -0.502. The third-order valence-corrected chi connectivity index (χ3v) is 3.22. The van der Waals surface area contributed by atoms with E-state index in [4.69, 9.17) is 16.3 Å². The summed E-state index contributed by atoms with van der Waals surface area (Å²) in [7, 11) is 1.86. The van der Waals surface area contributed by atoms with Gasteiger partial charge in [-0.15, -0.1) is 0 Å². The van der Waals surface area contributed by atoms with Gasteiger partial charge in [0.2, 0.25) is 0 Å². The molecule has 0 radical (unpaired) electrons. The molecule has 0 saturated heterocycles. The van der Waals surface area contributed by atoms with Gasteiger partial charge in [0.25, 0.3) is 5.91 Å². The zero-order chi connectivity index (χ0) is 13.8. The third kappa shape index (κ3) is 4.11. The monoisotopic (exact) mass is 282 g/mol. The number of ether oxygens (including phenoxy) is 1. The summed E-state index contributed by atoms with van der Waals surface area (Å²) in [6.45, 7) is 2.41. The molecule has 1 aliphatic carbocycles. The van der Waals surface area contributed by atoms with Gasteiger partial charge >= 0.3 is 0 Å². The Morgan fingerprint density at radius 2 is 2.26 bits per heavy atom. The van der Waals surface area contributed by atoms with E-state index in [1.807, 2.05) is 13.1 Å². The molecule has 2 rings (SSSR count). The van der Waals surface area contributed by atoms with Crippen molar-refractivity contribution in [1.29, 1.82) is 0 Å². The zero-order valence-electron chi connectivity index (χ0n) is 11.2. The molecule has 0 aliphatic heterocycles. The van der Waals surface area contributed by atoms with Gasteiger partial charge in [-0.2, -0.15) is 0 Å². The van der Waals surface area contributed by atoms with Crippen LogP contribution in [0.1, 0.15) is 25.3 Å². The van der Waals surface area contributed by atoms with Gasteiger partial charge < -0.3 is 15.4 Å². The van der Waals surface area contributed by atoms with Crippen LogP contribution in [0.15, 0.2) is 18.2 Å². The van der Waals surface area contributed by atoms with Gasteiger partial charge in [0.1, 0.15) is 5.75 Å². The Balaban J connectivity index is 2.01. The predicted octanol–water partition coefficient (Wildman–Crippen LogP) is 2.11. The van der Waals surface area contributed by atoms with Crippen molar-refractivity contribution >= 4 is 17.5 Å². The van der Waals surface area contributed by atoms with E-state index < -0.39 is 6.10 Å². The SMILES string of the molecule is CNCc1cc(Cl)ccc1OC(C)C(=O)NC1CC1. The van der Waals surface area contributed by atoms with Crippen LogP contribution in [-0.4, -0.2) is 25.1 Å². The van der Waals surface area contributed by atoms with Gasteiger partial charge in [0, 0.05) is 23.2 Å². The Morgan fingerprint density at radius 1 is 1.53 bits per heavy atom. The molecular weight excluding hydrogens is 264 g/mol. The molecule has 4 nitrogen and oxygen atoms in total. The Morgan fingerprint density at radius 3 is 2.89 bits per heavy atom. The van der Waals surface area contributed by atoms with Crippen LogP contribution in [0.4, 0.5) is 0 Å². The van der Waals surface area contributed by atoms with Crippen LogP contribution in [0.3, 0.4) is 0 Å². The highest BCUT2D eigenvalue weighted by Gasteiger charge is 2.26. The number of carbonyl (C=O) groups excluding carboxylic acids is 1. The Kier molecular flexibility index (Phi) is 4.66. The maximum atomic E-state index is 11.9. The van der Waals surface area contributed by atoms with E-state index in [1.165, 1.54) is 0 Å². The first-order chi connectivity index (χ1) is 9.10. The van der Waals surface area contributed by atoms with Gasteiger partial charge in [-0.05, 0) is 45.0 Å². The van der Waals surface area contributed by atoms with Crippen molar-refractivity contribution in [1.82, 2.24) is 10.6 Å². The summed E-state index contributed by atoms with van der Waals surface area (Å²) < 4.78 is 5.73. The van der Waals surface area contributed by atoms with Crippen molar-refractivity contribution in [3.63, 3.8) is 0 Å². The quantitative estimate of drug-likeness (QED) is 0.840. The van der Waals surface area contributed by atoms with Crippen LogP contribution in [0, 0.1) is 0 Å². The Hall–Kier alpha value is -1.26. The number of nitrogens with one attached hydrogen (secondary N) is 2. The fourth-order valence-electron chi connectivity index (χ4n) is 1.78. The molecule has 1 aromatic carbocycles. The van der Waals surface area contributed by atoms with Crippen LogP contribution in [0.5, 0.6) is 5.75 Å². The van der Waals surface area contributed by atoms with Crippen LogP contribution in [-0.2, 0) is 11.3 Å². The number of rotatable bonds is 6. The summed E-state index contributed by atoms with van der Waals surface area (Å²) in [5.74, 6) is 0.630. The third-order valence-electron chi connectivity index (χ3n) is 2.99. The molecule has 1 saturated carbocycles. The number of amides is 1. The molecule has 1 amide bonds. The van der Waals surface area contributed by atoms with Crippen LogP contribution in [0.25, 0.3) is 0 Å². The summed E-state index contributed by atoms with van der Waals surface area (Å²) in [6, 6.07) is 5.76. The highest BCUT2D eigenvalue weighted by atomic mass is 35.5.